The van der Waals surface area contributed by atoms with Crippen LogP contribution in [0.3, 0.4) is 0 Å². The molecule has 1 aliphatic heterocycles. The molecule has 0 atom stereocenters. The van der Waals surface area contributed by atoms with E-state index in [9.17, 15) is 18.3 Å². The molecule has 0 saturated carbocycles. The molecule has 27 heavy (non-hydrogen) atoms. The summed E-state index contributed by atoms with van der Waals surface area (Å²) < 4.78 is 50.9. The lowest BCUT2D eigenvalue weighted by molar-refractivity contribution is -0.184. The van der Waals surface area contributed by atoms with Gasteiger partial charge in [-0.1, -0.05) is 12.1 Å². The second-order valence-corrected chi connectivity index (χ2v) is 6.71. The van der Waals surface area contributed by atoms with Crippen LogP contribution in [0.5, 0.6) is 5.75 Å². The second-order valence-electron chi connectivity index (χ2n) is 6.71. The Hall–Kier alpha value is -2.58. The molecule has 4 rings (SSSR count). The minimum atomic E-state index is -4.44. The van der Waals surface area contributed by atoms with E-state index in [1.807, 2.05) is 10.6 Å². The molecule has 8 heteroatoms. The maximum absolute atomic E-state index is 13.0. The van der Waals surface area contributed by atoms with Crippen molar-refractivity contribution in [2.24, 2.45) is 0 Å². The minimum Gasteiger partial charge on any atom is -0.496 e. The van der Waals surface area contributed by atoms with E-state index in [-0.39, 0.29) is 19.0 Å². The number of hydrogen-bond acceptors (Lipinski definition) is 4. The van der Waals surface area contributed by atoms with Crippen LogP contribution in [-0.4, -0.2) is 40.6 Å². The lowest BCUT2D eigenvalue weighted by Gasteiger charge is -2.36. The van der Waals surface area contributed by atoms with Gasteiger partial charge in [0, 0.05) is 5.56 Å². The molecule has 1 N–H and O–H groups in total. The van der Waals surface area contributed by atoms with Crippen LogP contribution in [0.4, 0.5) is 13.2 Å². The first-order valence-corrected chi connectivity index (χ1v) is 8.30. The number of halogens is 3. The van der Waals surface area contributed by atoms with Crippen molar-refractivity contribution >= 4 is 11.0 Å². The number of fused-ring (bicyclic) bond motifs is 1. The van der Waals surface area contributed by atoms with E-state index in [0.29, 0.717) is 17.7 Å². The Labute approximate surface area is 153 Å². The fraction of sp³-hybridized carbons (Fsp3) is 0.316. The quantitative estimate of drug-likeness (QED) is 0.755. The molecule has 1 aromatic heterocycles. The zero-order valence-electron chi connectivity index (χ0n) is 14.5. The molecule has 5 nitrogen and oxygen atoms in total. The Kier molecular flexibility index (Phi) is 4.12. The fourth-order valence-electron chi connectivity index (χ4n) is 3.20. The number of hydrogen-bond donors (Lipinski definition) is 1. The van der Waals surface area contributed by atoms with Crippen LogP contribution in [0.1, 0.15) is 5.56 Å². The van der Waals surface area contributed by atoms with Crippen LogP contribution in [-0.2, 0) is 17.5 Å². The lowest BCUT2D eigenvalue weighted by Crippen LogP contribution is -2.52. The molecule has 2 aromatic carbocycles. The van der Waals surface area contributed by atoms with Gasteiger partial charge in [-0.25, -0.2) is 4.98 Å². The first-order valence-electron chi connectivity index (χ1n) is 8.30. The van der Waals surface area contributed by atoms with E-state index in [1.54, 1.807) is 18.5 Å². The average molecular weight is 378 g/mol. The number of ether oxygens (including phenoxy) is 2. The number of alkyl halides is 3. The zero-order chi connectivity index (χ0) is 19.2. The summed E-state index contributed by atoms with van der Waals surface area (Å²) in [5.74, 6) is 0.140. The summed E-state index contributed by atoms with van der Waals surface area (Å²) in [7, 11) is 1.34. The standard InChI is InChI=1S/C19H17F3N2O3/c1-26-17-7-13(19(20,21)22)3-4-14(17)12-2-5-15-16(6-12)24(11-23-15)8-18(25)9-27-10-18/h2-7,11,25H,8-10H2,1H3. The topological polar surface area (TPSA) is 56.5 Å². The molecule has 0 radical (unpaired) electrons. The lowest BCUT2D eigenvalue weighted by atomic mass is 10.0. The van der Waals surface area contributed by atoms with Gasteiger partial charge in [-0.2, -0.15) is 13.2 Å². The molecule has 1 saturated heterocycles. The second kappa shape index (κ2) is 6.24. The number of benzene rings is 2. The van der Waals surface area contributed by atoms with E-state index in [1.165, 1.54) is 13.2 Å². The summed E-state index contributed by atoms with van der Waals surface area (Å²) in [5.41, 5.74) is 1.07. The highest BCUT2D eigenvalue weighted by atomic mass is 19.4. The largest absolute Gasteiger partial charge is 0.496 e. The molecule has 2 heterocycles. The molecule has 0 aliphatic carbocycles. The minimum absolute atomic E-state index is 0.140. The fourth-order valence-corrected chi connectivity index (χ4v) is 3.20. The molecule has 1 fully saturated rings. The summed E-state index contributed by atoms with van der Waals surface area (Å²) in [6.07, 6.45) is -2.80. The molecular formula is C19H17F3N2O3. The van der Waals surface area contributed by atoms with Gasteiger partial charge in [-0.3, -0.25) is 0 Å². The van der Waals surface area contributed by atoms with Gasteiger partial charge in [-0.15, -0.1) is 0 Å². The van der Waals surface area contributed by atoms with Gasteiger partial charge >= 0.3 is 6.18 Å². The van der Waals surface area contributed by atoms with Gasteiger partial charge in [0.2, 0.25) is 0 Å². The number of imidazole rings is 1. The van der Waals surface area contributed by atoms with Crippen LogP contribution in [0.15, 0.2) is 42.7 Å². The third-order valence-corrected chi connectivity index (χ3v) is 4.67. The Morgan fingerprint density at radius 2 is 2.00 bits per heavy atom. The van der Waals surface area contributed by atoms with Gasteiger partial charge in [0.05, 0.1) is 49.8 Å². The highest BCUT2D eigenvalue weighted by molar-refractivity contribution is 5.84. The highest BCUT2D eigenvalue weighted by Crippen LogP contribution is 2.37. The van der Waals surface area contributed by atoms with Crippen LogP contribution in [0, 0.1) is 0 Å². The summed E-state index contributed by atoms with van der Waals surface area (Å²) in [4.78, 5) is 4.32. The van der Waals surface area contributed by atoms with Crippen molar-refractivity contribution in [3.05, 3.63) is 48.3 Å². The number of nitrogens with zero attached hydrogens (tertiary/aromatic N) is 2. The maximum atomic E-state index is 13.0. The molecule has 0 bridgehead atoms. The van der Waals surface area contributed by atoms with Crippen molar-refractivity contribution in [1.29, 1.82) is 0 Å². The predicted octanol–water partition coefficient (Wildman–Crippen LogP) is 3.49. The molecule has 0 spiro atoms. The number of rotatable bonds is 4. The molecule has 1 aliphatic rings. The SMILES string of the molecule is COc1cc(C(F)(F)F)ccc1-c1ccc2ncn(CC3(O)COC3)c2c1. The molecular weight excluding hydrogens is 361 g/mol. The van der Waals surface area contributed by atoms with E-state index in [2.05, 4.69) is 4.98 Å². The van der Waals surface area contributed by atoms with Gasteiger partial charge in [-0.05, 0) is 29.8 Å². The number of methoxy groups -OCH3 is 1. The Morgan fingerprint density at radius 3 is 2.63 bits per heavy atom. The monoisotopic (exact) mass is 378 g/mol. The zero-order valence-corrected chi connectivity index (χ0v) is 14.5. The van der Waals surface area contributed by atoms with E-state index >= 15 is 0 Å². The van der Waals surface area contributed by atoms with Crippen molar-refractivity contribution in [3.8, 4) is 16.9 Å². The van der Waals surface area contributed by atoms with Crippen molar-refractivity contribution in [1.82, 2.24) is 9.55 Å². The highest BCUT2D eigenvalue weighted by Gasteiger charge is 2.36. The Morgan fingerprint density at radius 1 is 1.22 bits per heavy atom. The van der Waals surface area contributed by atoms with Crippen molar-refractivity contribution < 1.29 is 27.8 Å². The summed E-state index contributed by atoms with van der Waals surface area (Å²) in [6.45, 7) is 0.856. The molecule has 3 aromatic rings. The van der Waals surface area contributed by atoms with Crippen molar-refractivity contribution in [3.63, 3.8) is 0 Å². The predicted molar refractivity (Wildman–Crippen MR) is 92.5 cm³/mol. The average Bonchev–Trinajstić information content (AvgIpc) is 3.01. The van der Waals surface area contributed by atoms with Crippen molar-refractivity contribution in [2.75, 3.05) is 20.3 Å². The van der Waals surface area contributed by atoms with Crippen LogP contribution >= 0.6 is 0 Å². The van der Waals surface area contributed by atoms with Crippen LogP contribution < -0.4 is 4.74 Å². The summed E-state index contributed by atoms with van der Waals surface area (Å²) in [6, 6.07) is 8.83. The van der Waals surface area contributed by atoms with Crippen LogP contribution in [0.2, 0.25) is 0 Å². The van der Waals surface area contributed by atoms with Gasteiger partial charge in [0.25, 0.3) is 0 Å². The van der Waals surface area contributed by atoms with Crippen LogP contribution in [0.25, 0.3) is 22.2 Å². The van der Waals surface area contributed by atoms with Gasteiger partial charge < -0.3 is 19.1 Å². The third kappa shape index (κ3) is 3.26. The van der Waals surface area contributed by atoms with E-state index in [4.69, 9.17) is 9.47 Å². The third-order valence-electron chi connectivity index (χ3n) is 4.67. The van der Waals surface area contributed by atoms with Gasteiger partial charge in [0.15, 0.2) is 0 Å². The Balaban J connectivity index is 1.75. The Bertz CT molecular complexity index is 994. The summed E-state index contributed by atoms with van der Waals surface area (Å²) >= 11 is 0. The number of aromatic nitrogens is 2. The maximum Gasteiger partial charge on any atom is 0.416 e. The van der Waals surface area contributed by atoms with E-state index in [0.717, 1.165) is 23.2 Å². The molecule has 142 valence electrons. The first kappa shape index (κ1) is 17.8. The van der Waals surface area contributed by atoms with Gasteiger partial charge in [0.1, 0.15) is 11.4 Å². The van der Waals surface area contributed by atoms with E-state index < -0.39 is 17.3 Å². The van der Waals surface area contributed by atoms with Crippen molar-refractivity contribution in [2.45, 2.75) is 18.3 Å². The molecule has 0 amide bonds. The smallest absolute Gasteiger partial charge is 0.416 e. The molecule has 0 unspecified atom stereocenters. The number of aliphatic hydroxyl groups is 1. The normalized spacial score (nSPS) is 16.3. The summed E-state index contributed by atoms with van der Waals surface area (Å²) in [5, 5.41) is 10.3. The first-order chi connectivity index (χ1) is 12.8.